The topological polar surface area (TPSA) is 103 Å². The third kappa shape index (κ3) is 8.27. The molecule has 0 bridgehead atoms. The molecule has 1 aliphatic heterocycles. The van der Waals surface area contributed by atoms with Crippen LogP contribution in [0.25, 0.3) is 0 Å². The molecule has 2 aromatic rings. The highest BCUT2D eigenvalue weighted by atomic mass is 16.2. The summed E-state index contributed by atoms with van der Waals surface area (Å²) in [6.45, 7) is 10.9. The summed E-state index contributed by atoms with van der Waals surface area (Å²) in [5.41, 5.74) is 8.28. The van der Waals surface area contributed by atoms with Crippen molar-refractivity contribution in [3.63, 3.8) is 0 Å². The molecule has 38 heavy (non-hydrogen) atoms. The van der Waals surface area contributed by atoms with E-state index in [-0.39, 0.29) is 12.5 Å². The van der Waals surface area contributed by atoms with Crippen LogP contribution in [0.4, 0.5) is 0 Å². The van der Waals surface area contributed by atoms with E-state index in [1.54, 1.807) is 17.3 Å². The van der Waals surface area contributed by atoms with E-state index in [0.717, 1.165) is 32.2 Å². The molecule has 8 nitrogen and oxygen atoms in total. The molecule has 0 unspecified atom stereocenters. The maximum absolute atomic E-state index is 13.3. The van der Waals surface area contributed by atoms with Crippen molar-refractivity contribution in [2.24, 2.45) is 16.1 Å². The number of H-pyrrole nitrogens is 1. The van der Waals surface area contributed by atoms with E-state index in [2.05, 4.69) is 50.8 Å². The van der Waals surface area contributed by atoms with E-state index >= 15 is 0 Å². The minimum Gasteiger partial charge on any atom is -0.386 e. The lowest BCUT2D eigenvalue weighted by atomic mass is 9.77. The van der Waals surface area contributed by atoms with Crippen LogP contribution < -0.4 is 11.1 Å². The molecule has 206 valence electrons. The molecule has 1 saturated carbocycles. The van der Waals surface area contributed by atoms with E-state index in [9.17, 15) is 4.79 Å². The standard InChI is InChI=1S/C30H45N7O/c1-3-32-27(31)22-37(23-28-34-17-18-35-28)29(38)25-11-9-24(10-12-25)21-36-19-14-30(2,15-20-36)13-16-33-26-7-5-4-6-8-26/h3,9-12,17-18,26,33H,1,4-8,13-16,19-23H2,2H3,(H2,31,32)(H,34,35). The summed E-state index contributed by atoms with van der Waals surface area (Å²) < 4.78 is 0. The number of nitrogens with one attached hydrogen (secondary N) is 2. The SMILES string of the molecule is C=CN=C(N)CN(Cc1ncc[nH]1)C(=O)c1ccc(CN2CCC(C)(CCNC3CCCCC3)CC2)cc1. The normalized spacial score (nSPS) is 18.8. The fourth-order valence-electron chi connectivity index (χ4n) is 5.70. The fraction of sp³-hybridized carbons (Fsp3) is 0.567. The van der Waals surface area contributed by atoms with Gasteiger partial charge in [0.15, 0.2) is 0 Å². The van der Waals surface area contributed by atoms with Gasteiger partial charge in [-0.2, -0.15) is 0 Å². The molecule has 1 amide bonds. The maximum atomic E-state index is 13.3. The largest absolute Gasteiger partial charge is 0.386 e. The number of hydrogen-bond donors (Lipinski definition) is 3. The summed E-state index contributed by atoms with van der Waals surface area (Å²) in [4.78, 5) is 28.8. The molecule has 2 aliphatic rings. The van der Waals surface area contributed by atoms with Gasteiger partial charge < -0.3 is 20.9 Å². The van der Waals surface area contributed by atoms with Crippen LogP contribution >= 0.6 is 0 Å². The molecule has 1 saturated heterocycles. The monoisotopic (exact) mass is 519 g/mol. The Hall–Kier alpha value is -2.97. The number of rotatable bonds is 12. The summed E-state index contributed by atoms with van der Waals surface area (Å²) in [5, 5.41) is 3.83. The zero-order valence-electron chi connectivity index (χ0n) is 23.0. The van der Waals surface area contributed by atoms with Crippen LogP contribution in [0, 0.1) is 5.41 Å². The van der Waals surface area contributed by atoms with Crippen LogP contribution in [0.2, 0.25) is 0 Å². The number of benzene rings is 1. The molecule has 8 heteroatoms. The van der Waals surface area contributed by atoms with Crippen molar-refractivity contribution < 1.29 is 4.79 Å². The first kappa shape index (κ1) is 28.0. The number of hydrogen-bond acceptors (Lipinski definition) is 5. The average molecular weight is 520 g/mol. The van der Waals surface area contributed by atoms with Gasteiger partial charge in [-0.25, -0.2) is 9.98 Å². The molecule has 2 heterocycles. The Labute approximate surface area is 227 Å². The Bertz CT molecular complexity index is 1030. The predicted molar refractivity (Wildman–Crippen MR) is 154 cm³/mol. The average Bonchev–Trinajstić information content (AvgIpc) is 3.44. The van der Waals surface area contributed by atoms with E-state index in [0.29, 0.717) is 29.2 Å². The number of piperidine rings is 1. The van der Waals surface area contributed by atoms with Gasteiger partial charge in [0.25, 0.3) is 5.91 Å². The molecule has 0 spiro atoms. The maximum Gasteiger partial charge on any atom is 0.254 e. The molecule has 4 rings (SSSR count). The van der Waals surface area contributed by atoms with Crippen LogP contribution in [-0.4, -0.2) is 63.7 Å². The second kappa shape index (κ2) is 13.7. The van der Waals surface area contributed by atoms with Gasteiger partial charge in [-0.05, 0) is 74.8 Å². The first-order chi connectivity index (χ1) is 18.4. The quantitative estimate of drug-likeness (QED) is 0.284. The summed E-state index contributed by atoms with van der Waals surface area (Å²) in [6.07, 6.45) is 15.5. The van der Waals surface area contributed by atoms with E-state index in [4.69, 9.17) is 5.73 Å². The van der Waals surface area contributed by atoms with Gasteiger partial charge >= 0.3 is 0 Å². The Morgan fingerprint density at radius 1 is 1.26 bits per heavy atom. The summed E-state index contributed by atoms with van der Waals surface area (Å²) in [5.74, 6) is 0.923. The van der Waals surface area contributed by atoms with E-state index < -0.39 is 0 Å². The predicted octanol–water partition coefficient (Wildman–Crippen LogP) is 4.47. The fourth-order valence-corrected chi connectivity index (χ4v) is 5.70. The van der Waals surface area contributed by atoms with Gasteiger partial charge in [0.05, 0.1) is 13.1 Å². The summed E-state index contributed by atoms with van der Waals surface area (Å²) in [6, 6.07) is 8.72. The summed E-state index contributed by atoms with van der Waals surface area (Å²) >= 11 is 0. The molecule has 1 aromatic heterocycles. The number of aromatic nitrogens is 2. The zero-order chi connectivity index (χ0) is 26.8. The second-order valence-electron chi connectivity index (χ2n) is 11.3. The van der Waals surface area contributed by atoms with Gasteiger partial charge in [0, 0.05) is 36.7 Å². The highest BCUT2D eigenvalue weighted by molar-refractivity contribution is 5.97. The Kier molecular flexibility index (Phi) is 10.1. The van der Waals surface area contributed by atoms with Crippen molar-refractivity contribution in [2.75, 3.05) is 26.2 Å². The first-order valence-electron chi connectivity index (χ1n) is 14.2. The number of imidazole rings is 1. The zero-order valence-corrected chi connectivity index (χ0v) is 23.0. The van der Waals surface area contributed by atoms with Crippen LogP contribution in [-0.2, 0) is 13.1 Å². The minimum atomic E-state index is -0.106. The van der Waals surface area contributed by atoms with Crippen molar-refractivity contribution in [3.8, 4) is 0 Å². The first-order valence-corrected chi connectivity index (χ1v) is 14.2. The van der Waals surface area contributed by atoms with Crippen molar-refractivity contribution in [3.05, 3.63) is 66.4 Å². The van der Waals surface area contributed by atoms with Gasteiger partial charge in [0.1, 0.15) is 11.7 Å². The lowest BCUT2D eigenvalue weighted by Crippen LogP contribution is -2.41. The van der Waals surface area contributed by atoms with Crippen molar-refractivity contribution in [1.82, 2.24) is 25.1 Å². The van der Waals surface area contributed by atoms with Crippen LogP contribution in [0.3, 0.4) is 0 Å². The highest BCUT2D eigenvalue weighted by Crippen LogP contribution is 2.34. The highest BCUT2D eigenvalue weighted by Gasteiger charge is 2.30. The minimum absolute atomic E-state index is 0.106. The number of amides is 1. The molecule has 2 fully saturated rings. The van der Waals surface area contributed by atoms with Crippen molar-refractivity contribution >= 4 is 11.7 Å². The van der Waals surface area contributed by atoms with Crippen molar-refractivity contribution in [2.45, 2.75) is 77.4 Å². The van der Waals surface area contributed by atoms with E-state index in [1.165, 1.54) is 63.1 Å². The van der Waals surface area contributed by atoms with Gasteiger partial charge in [-0.15, -0.1) is 0 Å². The molecular weight excluding hydrogens is 474 g/mol. The number of likely N-dealkylation sites (tertiary alicyclic amines) is 1. The molecule has 4 N–H and O–H groups in total. The number of carbonyl (C=O) groups excluding carboxylic acids is 1. The number of aromatic amines is 1. The molecule has 0 atom stereocenters. The molecule has 0 radical (unpaired) electrons. The Morgan fingerprint density at radius 3 is 2.66 bits per heavy atom. The van der Waals surface area contributed by atoms with Gasteiger partial charge in [-0.3, -0.25) is 9.69 Å². The summed E-state index contributed by atoms with van der Waals surface area (Å²) in [7, 11) is 0. The third-order valence-electron chi connectivity index (χ3n) is 8.23. The van der Waals surface area contributed by atoms with Crippen LogP contribution in [0.15, 0.2) is 54.4 Å². The van der Waals surface area contributed by atoms with Crippen molar-refractivity contribution in [1.29, 1.82) is 0 Å². The number of nitrogens with two attached hydrogens (primary N) is 1. The number of nitrogens with zero attached hydrogens (tertiary/aromatic N) is 4. The van der Waals surface area contributed by atoms with Gasteiger partial charge in [0.2, 0.25) is 0 Å². The lowest BCUT2D eigenvalue weighted by Gasteiger charge is -2.40. The molecule has 1 aromatic carbocycles. The Morgan fingerprint density at radius 2 is 2.00 bits per heavy atom. The number of carbonyl (C=O) groups is 1. The smallest absolute Gasteiger partial charge is 0.254 e. The number of aliphatic imine (C=N–C) groups is 1. The lowest BCUT2D eigenvalue weighted by molar-refractivity contribution is 0.0764. The third-order valence-corrected chi connectivity index (χ3v) is 8.23. The second-order valence-corrected chi connectivity index (χ2v) is 11.3. The van der Waals surface area contributed by atoms with Gasteiger partial charge in [-0.1, -0.05) is 44.9 Å². The van der Waals surface area contributed by atoms with E-state index in [1.807, 2.05) is 12.1 Å². The van der Waals surface area contributed by atoms with Crippen LogP contribution in [0.5, 0.6) is 0 Å². The van der Waals surface area contributed by atoms with Crippen LogP contribution in [0.1, 0.15) is 80.0 Å². The molecule has 1 aliphatic carbocycles. The Balaban J connectivity index is 1.26. The molecular formula is C30H45N7O. The number of amidine groups is 1.